The Morgan fingerprint density at radius 2 is 2.00 bits per heavy atom. The molecule has 1 aromatic heterocycles. The van der Waals surface area contributed by atoms with E-state index in [2.05, 4.69) is 49.4 Å². The van der Waals surface area contributed by atoms with Gasteiger partial charge in [-0.1, -0.05) is 32.5 Å². The maximum atomic E-state index is 13.2. The van der Waals surface area contributed by atoms with Gasteiger partial charge in [-0.2, -0.15) is 0 Å². The third-order valence-corrected chi connectivity index (χ3v) is 8.94. The summed E-state index contributed by atoms with van der Waals surface area (Å²) in [5.74, 6) is -1.58. The molecule has 0 spiro atoms. The van der Waals surface area contributed by atoms with Gasteiger partial charge in [-0.25, -0.2) is 9.48 Å². The van der Waals surface area contributed by atoms with Crippen molar-refractivity contribution in [2.24, 2.45) is 18.4 Å². The topological polar surface area (TPSA) is 110 Å². The molecule has 0 aliphatic carbocycles. The first-order chi connectivity index (χ1) is 13.4. The van der Waals surface area contributed by atoms with Gasteiger partial charge in [-0.3, -0.25) is 4.79 Å². The minimum atomic E-state index is -1.44. The number of hydrogen-bond donors (Lipinski definition) is 1. The molecular formula is C17H27N5O4S2Si. The second-order valence-electron chi connectivity index (χ2n) is 8.72. The van der Waals surface area contributed by atoms with Gasteiger partial charge >= 0.3 is 5.97 Å². The molecule has 1 amide bonds. The molecule has 2 aliphatic heterocycles. The molecule has 160 valence electrons. The SMILES string of the molecule is Cn1nnnc1S/C=C1/S[C@@H]2[C@H]([C@@](C)(O[SiH](C)C)C(C)(C)C)C(=O)N2C1C(=O)O. The number of thioether (sulfide) groups is 2. The standard InChI is InChI=1S/C17H27N5O4S2Si/c1-16(2,3)17(4,26-29(6)7)10-12(23)22-11(14(24)25)9(28-13(10)22)8-27-15-18-19-20-21(15)5/h8,10-11,13,29H,1-7H3,(H,24,25)/b9-8+/t10-,11?,13-,17-/m1/s1. The Morgan fingerprint density at radius 3 is 2.48 bits per heavy atom. The average Bonchev–Trinajstić information content (AvgIpc) is 3.12. The lowest BCUT2D eigenvalue weighted by Crippen LogP contribution is -2.71. The Labute approximate surface area is 180 Å². The number of carbonyl (C=O) groups excluding carboxylic acids is 1. The molecule has 2 fully saturated rings. The first kappa shape index (κ1) is 22.3. The molecule has 1 unspecified atom stereocenters. The van der Waals surface area contributed by atoms with Crippen LogP contribution in [0.15, 0.2) is 15.5 Å². The average molecular weight is 458 g/mol. The number of tetrazole rings is 1. The first-order valence-electron chi connectivity index (χ1n) is 9.37. The molecule has 1 aromatic rings. The zero-order chi connectivity index (χ0) is 21.7. The van der Waals surface area contributed by atoms with Crippen molar-refractivity contribution < 1.29 is 19.1 Å². The molecule has 0 bridgehead atoms. The van der Waals surface area contributed by atoms with Crippen molar-refractivity contribution in [1.82, 2.24) is 25.1 Å². The smallest absolute Gasteiger partial charge is 0.331 e. The normalized spacial score (nSPS) is 27.9. The van der Waals surface area contributed by atoms with Crippen LogP contribution in [0.2, 0.25) is 13.1 Å². The van der Waals surface area contributed by atoms with Crippen LogP contribution in [0.25, 0.3) is 0 Å². The van der Waals surface area contributed by atoms with E-state index in [1.165, 1.54) is 33.1 Å². The van der Waals surface area contributed by atoms with E-state index in [1.54, 1.807) is 12.5 Å². The van der Waals surface area contributed by atoms with E-state index in [4.69, 9.17) is 4.43 Å². The zero-order valence-corrected chi connectivity index (χ0v) is 20.4. The second-order valence-corrected chi connectivity index (χ2v) is 13.1. The number of aryl methyl sites for hydroxylation is 1. The summed E-state index contributed by atoms with van der Waals surface area (Å²) in [5.41, 5.74) is -0.945. The lowest BCUT2D eigenvalue weighted by atomic mass is 9.66. The molecule has 0 radical (unpaired) electrons. The molecule has 4 atom stereocenters. The van der Waals surface area contributed by atoms with Gasteiger partial charge in [0.05, 0.1) is 16.9 Å². The van der Waals surface area contributed by atoms with Crippen LogP contribution in [-0.2, 0) is 21.1 Å². The molecule has 3 rings (SSSR count). The number of fused-ring (bicyclic) bond motifs is 1. The minimum Gasteiger partial charge on any atom is -0.479 e. The first-order valence-corrected chi connectivity index (χ1v) is 13.9. The number of hydrogen-bond acceptors (Lipinski definition) is 8. The molecule has 0 saturated carbocycles. The summed E-state index contributed by atoms with van der Waals surface area (Å²) in [6.45, 7) is 12.4. The molecule has 3 heterocycles. The Bertz CT molecular complexity index is 855. The number of aromatic nitrogens is 4. The van der Waals surface area contributed by atoms with Crippen molar-refractivity contribution in [2.75, 3.05) is 0 Å². The van der Waals surface area contributed by atoms with E-state index in [0.29, 0.717) is 10.1 Å². The molecule has 0 aromatic carbocycles. The Morgan fingerprint density at radius 1 is 1.34 bits per heavy atom. The van der Waals surface area contributed by atoms with Gasteiger partial charge in [0.25, 0.3) is 0 Å². The molecule has 2 saturated heterocycles. The maximum Gasteiger partial charge on any atom is 0.331 e. The molecule has 29 heavy (non-hydrogen) atoms. The lowest BCUT2D eigenvalue weighted by Gasteiger charge is -2.56. The Kier molecular flexibility index (Phi) is 5.93. The van der Waals surface area contributed by atoms with Crippen LogP contribution in [0.3, 0.4) is 0 Å². The summed E-state index contributed by atoms with van der Waals surface area (Å²) < 4.78 is 7.94. The van der Waals surface area contributed by atoms with Gasteiger partial charge in [0.15, 0.2) is 15.1 Å². The van der Waals surface area contributed by atoms with Gasteiger partial charge in [0.2, 0.25) is 11.1 Å². The molecule has 1 N–H and O–H groups in total. The van der Waals surface area contributed by atoms with Gasteiger partial charge in [0.1, 0.15) is 0 Å². The van der Waals surface area contributed by atoms with E-state index in [0.717, 1.165) is 0 Å². The quantitative estimate of drug-likeness (QED) is 0.389. The van der Waals surface area contributed by atoms with E-state index >= 15 is 0 Å². The van der Waals surface area contributed by atoms with Crippen molar-refractivity contribution in [1.29, 1.82) is 0 Å². The van der Waals surface area contributed by atoms with Crippen LogP contribution >= 0.6 is 23.5 Å². The fourth-order valence-electron chi connectivity index (χ4n) is 3.71. The number of carbonyl (C=O) groups is 2. The van der Waals surface area contributed by atoms with E-state index in [9.17, 15) is 14.7 Å². The van der Waals surface area contributed by atoms with Gasteiger partial charge in [-0.05, 0) is 41.3 Å². The van der Waals surface area contributed by atoms with Crippen molar-refractivity contribution >= 4 is 44.4 Å². The highest BCUT2D eigenvalue weighted by Gasteiger charge is 2.66. The number of nitrogens with zero attached hydrogens (tertiary/aromatic N) is 5. The third-order valence-electron chi connectivity index (χ3n) is 5.54. The Balaban J connectivity index is 1.92. The summed E-state index contributed by atoms with van der Waals surface area (Å²) in [6, 6.07) is -0.983. The molecular weight excluding hydrogens is 430 g/mol. The van der Waals surface area contributed by atoms with Gasteiger partial charge < -0.3 is 14.4 Å². The van der Waals surface area contributed by atoms with Crippen molar-refractivity contribution in [3.05, 3.63) is 10.3 Å². The fraction of sp³-hybridized carbons (Fsp3) is 0.706. The fourth-order valence-corrected chi connectivity index (χ4v) is 7.65. The number of rotatable bonds is 6. The predicted octanol–water partition coefficient (Wildman–Crippen LogP) is 1.93. The number of β-lactam (4-membered cyclic amide) rings is 1. The van der Waals surface area contributed by atoms with Crippen LogP contribution in [-0.4, -0.2) is 68.1 Å². The van der Waals surface area contributed by atoms with Crippen molar-refractivity contribution in [2.45, 2.75) is 63.0 Å². The highest BCUT2D eigenvalue weighted by molar-refractivity contribution is 8.06. The predicted molar refractivity (Wildman–Crippen MR) is 114 cm³/mol. The number of carboxylic acids is 1. The van der Waals surface area contributed by atoms with E-state index in [1.807, 2.05) is 6.92 Å². The van der Waals surface area contributed by atoms with Crippen LogP contribution in [0.1, 0.15) is 27.7 Å². The number of amides is 1. The Hall–Kier alpha value is -1.37. The molecule has 9 nitrogen and oxygen atoms in total. The largest absolute Gasteiger partial charge is 0.479 e. The number of aliphatic carboxylic acids is 1. The van der Waals surface area contributed by atoms with Crippen LogP contribution in [0.4, 0.5) is 0 Å². The van der Waals surface area contributed by atoms with Crippen LogP contribution in [0, 0.1) is 11.3 Å². The maximum absolute atomic E-state index is 13.2. The lowest BCUT2D eigenvalue weighted by molar-refractivity contribution is -0.181. The summed E-state index contributed by atoms with van der Waals surface area (Å²) in [4.78, 5) is 27.3. The van der Waals surface area contributed by atoms with Gasteiger partial charge in [-0.15, -0.1) is 16.9 Å². The van der Waals surface area contributed by atoms with E-state index in [-0.39, 0.29) is 16.7 Å². The highest BCUT2D eigenvalue weighted by atomic mass is 32.2. The van der Waals surface area contributed by atoms with Crippen molar-refractivity contribution in [3.63, 3.8) is 0 Å². The monoisotopic (exact) mass is 457 g/mol. The summed E-state index contributed by atoms with van der Waals surface area (Å²) >= 11 is 2.68. The minimum absolute atomic E-state index is 0.157. The summed E-state index contributed by atoms with van der Waals surface area (Å²) in [7, 11) is 0.273. The molecule has 12 heteroatoms. The van der Waals surface area contributed by atoms with Crippen LogP contribution in [0.5, 0.6) is 0 Å². The summed E-state index contributed by atoms with van der Waals surface area (Å²) in [5, 5.41) is 23.1. The van der Waals surface area contributed by atoms with Crippen molar-refractivity contribution in [3.8, 4) is 0 Å². The number of carboxylic acid groups (broad SMARTS) is 1. The molecule has 2 aliphatic rings. The van der Waals surface area contributed by atoms with Gasteiger partial charge in [0, 0.05) is 12.0 Å². The van der Waals surface area contributed by atoms with E-state index < -0.39 is 32.6 Å². The zero-order valence-electron chi connectivity index (χ0n) is 17.6. The highest BCUT2D eigenvalue weighted by Crippen LogP contribution is 2.57. The second kappa shape index (κ2) is 7.71. The third kappa shape index (κ3) is 3.75. The van der Waals surface area contributed by atoms with Crippen LogP contribution < -0.4 is 0 Å². The summed E-state index contributed by atoms with van der Waals surface area (Å²) in [6.07, 6.45) is 0.